The molecule has 2 rings (SSSR count). The van der Waals surface area contributed by atoms with E-state index in [0.717, 1.165) is 16.2 Å². The fourth-order valence-corrected chi connectivity index (χ4v) is 2.08. The van der Waals surface area contributed by atoms with Gasteiger partial charge in [-0.15, -0.1) is 11.3 Å². The van der Waals surface area contributed by atoms with Crippen LogP contribution in [0.3, 0.4) is 0 Å². The van der Waals surface area contributed by atoms with E-state index in [2.05, 4.69) is 4.98 Å². The highest BCUT2D eigenvalue weighted by atomic mass is 32.1. The molecule has 0 saturated heterocycles. The van der Waals surface area contributed by atoms with Gasteiger partial charge < -0.3 is 9.84 Å². The van der Waals surface area contributed by atoms with E-state index in [9.17, 15) is 5.11 Å². The van der Waals surface area contributed by atoms with Gasteiger partial charge in [-0.1, -0.05) is 25.1 Å². The molecule has 1 N–H and O–H groups in total. The van der Waals surface area contributed by atoms with Gasteiger partial charge in [0, 0.05) is 11.8 Å². The Bertz CT molecular complexity index is 456. The van der Waals surface area contributed by atoms with Gasteiger partial charge in [0.15, 0.2) is 0 Å². The average Bonchev–Trinajstić information content (AvgIpc) is 2.89. The zero-order valence-corrected chi connectivity index (χ0v) is 10.5. The summed E-state index contributed by atoms with van der Waals surface area (Å²) in [5.41, 5.74) is 2.63. The summed E-state index contributed by atoms with van der Waals surface area (Å²) >= 11 is 1.56. The molecule has 0 amide bonds. The number of ether oxygens (including phenoxy) is 1. The van der Waals surface area contributed by atoms with Crippen molar-refractivity contribution in [3.8, 4) is 5.75 Å². The minimum absolute atomic E-state index is 0.465. The van der Waals surface area contributed by atoms with E-state index < -0.39 is 6.10 Å². The third-order valence-corrected chi connectivity index (χ3v) is 3.27. The summed E-state index contributed by atoms with van der Waals surface area (Å²) in [6.07, 6.45) is 2.01. The van der Waals surface area contributed by atoms with Crippen molar-refractivity contribution < 1.29 is 9.84 Å². The van der Waals surface area contributed by atoms with E-state index in [1.165, 1.54) is 0 Å². The number of benzene rings is 1. The minimum Gasteiger partial charge on any atom is -0.488 e. The molecule has 17 heavy (non-hydrogen) atoms. The maximum Gasteiger partial charge on any atom is 0.125 e. The van der Waals surface area contributed by atoms with E-state index in [1.54, 1.807) is 23.0 Å². The van der Waals surface area contributed by atoms with Gasteiger partial charge >= 0.3 is 0 Å². The van der Waals surface area contributed by atoms with E-state index in [1.807, 2.05) is 31.2 Å². The Hall–Kier alpha value is -1.39. The van der Waals surface area contributed by atoms with E-state index >= 15 is 0 Å². The van der Waals surface area contributed by atoms with E-state index in [-0.39, 0.29) is 0 Å². The molecular formula is C13H15NO2S. The van der Waals surface area contributed by atoms with Crippen molar-refractivity contribution in [1.29, 1.82) is 0 Å². The fourth-order valence-electron chi connectivity index (χ4n) is 1.57. The van der Waals surface area contributed by atoms with Gasteiger partial charge in [0.05, 0.1) is 16.5 Å². The maximum atomic E-state index is 9.88. The number of rotatable bonds is 5. The lowest BCUT2D eigenvalue weighted by molar-refractivity contribution is 0.166. The molecule has 4 heteroatoms. The van der Waals surface area contributed by atoms with Crippen LogP contribution in [0.5, 0.6) is 5.75 Å². The number of thiazole rings is 1. The zero-order valence-electron chi connectivity index (χ0n) is 9.67. The minimum atomic E-state index is -0.465. The van der Waals surface area contributed by atoms with Crippen molar-refractivity contribution in [3.63, 3.8) is 0 Å². The second-order valence-electron chi connectivity index (χ2n) is 3.72. The molecule has 2 aromatic rings. The van der Waals surface area contributed by atoms with Crippen LogP contribution < -0.4 is 4.74 Å². The summed E-state index contributed by atoms with van der Waals surface area (Å²) < 4.78 is 5.71. The van der Waals surface area contributed by atoms with Crippen LogP contribution in [0.4, 0.5) is 0 Å². The van der Waals surface area contributed by atoms with Gasteiger partial charge in [0.1, 0.15) is 12.4 Å². The standard InChI is InChI=1S/C13H15NO2S/c1-2-12(15)11-5-3-4-6-13(11)16-8-10-7-14-9-17-10/h3-7,9,12,15H,2,8H2,1H3. The van der Waals surface area contributed by atoms with Crippen LogP contribution >= 0.6 is 11.3 Å². The molecule has 1 atom stereocenters. The van der Waals surface area contributed by atoms with Crippen molar-refractivity contribution >= 4 is 11.3 Å². The van der Waals surface area contributed by atoms with E-state index in [4.69, 9.17) is 4.74 Å². The highest BCUT2D eigenvalue weighted by Gasteiger charge is 2.11. The Balaban J connectivity index is 2.09. The highest BCUT2D eigenvalue weighted by molar-refractivity contribution is 7.09. The molecule has 1 aromatic heterocycles. The van der Waals surface area contributed by atoms with Crippen molar-refractivity contribution in [1.82, 2.24) is 4.98 Å². The predicted molar refractivity (Wildman–Crippen MR) is 68.1 cm³/mol. The van der Waals surface area contributed by atoms with Crippen LogP contribution in [0.2, 0.25) is 0 Å². The molecule has 0 aliphatic heterocycles. The lowest BCUT2D eigenvalue weighted by Gasteiger charge is -2.14. The molecule has 0 aliphatic carbocycles. The topological polar surface area (TPSA) is 42.4 Å². The Morgan fingerprint density at radius 3 is 2.94 bits per heavy atom. The second-order valence-corrected chi connectivity index (χ2v) is 4.69. The molecule has 0 bridgehead atoms. The first kappa shape index (κ1) is 12.1. The quantitative estimate of drug-likeness (QED) is 0.885. The predicted octanol–water partition coefficient (Wildman–Crippen LogP) is 3.17. The molecular weight excluding hydrogens is 234 g/mol. The molecule has 0 radical (unpaired) electrons. The first-order valence-electron chi connectivity index (χ1n) is 5.58. The number of para-hydroxylation sites is 1. The largest absolute Gasteiger partial charge is 0.488 e. The summed E-state index contributed by atoms with van der Waals surface area (Å²) in [4.78, 5) is 5.07. The maximum absolute atomic E-state index is 9.88. The number of aromatic nitrogens is 1. The summed E-state index contributed by atoms with van der Waals surface area (Å²) in [5, 5.41) is 9.88. The van der Waals surface area contributed by atoms with Crippen LogP contribution in [-0.2, 0) is 6.61 Å². The highest BCUT2D eigenvalue weighted by Crippen LogP contribution is 2.27. The second kappa shape index (κ2) is 5.80. The number of aliphatic hydroxyl groups is 1. The Morgan fingerprint density at radius 1 is 1.41 bits per heavy atom. The molecule has 0 spiro atoms. The van der Waals surface area contributed by atoms with Crippen molar-refractivity contribution in [2.45, 2.75) is 26.1 Å². The van der Waals surface area contributed by atoms with Gasteiger partial charge in [-0.3, -0.25) is 4.98 Å². The number of hydrogen-bond acceptors (Lipinski definition) is 4. The van der Waals surface area contributed by atoms with Crippen molar-refractivity contribution in [2.24, 2.45) is 0 Å². The number of aliphatic hydroxyl groups excluding tert-OH is 1. The average molecular weight is 249 g/mol. The zero-order chi connectivity index (χ0) is 12.1. The smallest absolute Gasteiger partial charge is 0.125 e. The first-order valence-corrected chi connectivity index (χ1v) is 6.46. The molecule has 0 aliphatic rings. The summed E-state index contributed by atoms with van der Waals surface area (Å²) in [5.74, 6) is 0.746. The number of hydrogen-bond donors (Lipinski definition) is 1. The number of nitrogens with zero attached hydrogens (tertiary/aromatic N) is 1. The van der Waals surface area contributed by atoms with Gasteiger partial charge in [-0.25, -0.2) is 0 Å². The molecule has 3 nitrogen and oxygen atoms in total. The Labute approximate surface area is 105 Å². The van der Waals surface area contributed by atoms with Crippen LogP contribution in [0.25, 0.3) is 0 Å². The van der Waals surface area contributed by atoms with Crippen molar-refractivity contribution in [2.75, 3.05) is 0 Å². The summed E-state index contributed by atoms with van der Waals surface area (Å²) in [6, 6.07) is 7.60. The van der Waals surface area contributed by atoms with E-state index in [0.29, 0.717) is 13.0 Å². The normalized spacial score (nSPS) is 12.4. The molecule has 1 unspecified atom stereocenters. The third-order valence-electron chi connectivity index (χ3n) is 2.52. The Morgan fingerprint density at radius 2 is 2.24 bits per heavy atom. The summed E-state index contributed by atoms with van der Waals surface area (Å²) in [7, 11) is 0. The lowest BCUT2D eigenvalue weighted by atomic mass is 10.1. The molecule has 0 saturated carbocycles. The fraction of sp³-hybridized carbons (Fsp3) is 0.308. The monoisotopic (exact) mass is 249 g/mol. The van der Waals surface area contributed by atoms with Gasteiger partial charge in [-0.2, -0.15) is 0 Å². The summed E-state index contributed by atoms with van der Waals surface area (Å²) in [6.45, 7) is 2.45. The van der Waals surface area contributed by atoms with Crippen LogP contribution in [0.15, 0.2) is 36.0 Å². The van der Waals surface area contributed by atoms with Gasteiger partial charge in [0.2, 0.25) is 0 Å². The molecule has 1 aromatic carbocycles. The van der Waals surface area contributed by atoms with Crippen LogP contribution in [-0.4, -0.2) is 10.1 Å². The molecule has 0 fully saturated rings. The first-order chi connectivity index (χ1) is 8.31. The van der Waals surface area contributed by atoms with Crippen LogP contribution in [0.1, 0.15) is 29.9 Å². The third kappa shape index (κ3) is 3.05. The van der Waals surface area contributed by atoms with Gasteiger partial charge in [-0.05, 0) is 12.5 Å². The molecule has 1 heterocycles. The molecule has 90 valence electrons. The van der Waals surface area contributed by atoms with Crippen molar-refractivity contribution in [3.05, 3.63) is 46.4 Å². The van der Waals surface area contributed by atoms with Gasteiger partial charge in [0.25, 0.3) is 0 Å². The SMILES string of the molecule is CCC(O)c1ccccc1OCc1cncs1. The lowest BCUT2D eigenvalue weighted by Crippen LogP contribution is -2.01. The Kier molecular flexibility index (Phi) is 4.12. The van der Waals surface area contributed by atoms with Crippen LogP contribution in [0, 0.1) is 0 Å².